The first kappa shape index (κ1) is 16.9. The highest BCUT2D eigenvalue weighted by atomic mass is 32.2. The molecule has 0 heterocycles. The maximum Gasteiger partial charge on any atom is 0.324 e. The second-order valence-electron chi connectivity index (χ2n) is 3.97. The molecule has 0 aliphatic rings. The lowest BCUT2D eigenvalue weighted by atomic mass is 10.0. The van der Waals surface area contributed by atoms with Crippen LogP contribution in [0.4, 0.5) is 0 Å². The van der Waals surface area contributed by atoms with Crippen molar-refractivity contribution in [2.45, 2.75) is 32.7 Å². The summed E-state index contributed by atoms with van der Waals surface area (Å²) in [5, 5.41) is 8.44. The molecule has 0 radical (unpaired) electrons. The van der Waals surface area contributed by atoms with Crippen LogP contribution in [0.25, 0.3) is 0 Å². The molecular formula is C10H19NO6S. The van der Waals surface area contributed by atoms with Gasteiger partial charge in [0, 0.05) is 0 Å². The molecule has 0 aromatic carbocycles. The average molecular weight is 281 g/mol. The number of aliphatic carboxylic acids is 1. The number of ether oxygens (including phenoxy) is 1. The number of methoxy groups -OCH3 is 1. The minimum atomic E-state index is -3.82. The number of nitrogens with one attached hydrogen (secondary N) is 1. The molecule has 0 saturated carbocycles. The Balaban J connectivity index is 4.76. The molecule has 0 rings (SSSR count). The third-order valence-corrected chi connectivity index (χ3v) is 3.91. The Bertz CT molecular complexity index is 391. The molecule has 0 amide bonds. The second-order valence-corrected chi connectivity index (χ2v) is 5.84. The number of sulfonamides is 1. The summed E-state index contributed by atoms with van der Waals surface area (Å²) in [5.74, 6) is -2.69. The number of hydrogen-bond donors (Lipinski definition) is 2. The molecule has 0 fully saturated rings. The van der Waals surface area contributed by atoms with Crippen molar-refractivity contribution in [2.24, 2.45) is 5.92 Å². The van der Waals surface area contributed by atoms with Crippen LogP contribution in [0.2, 0.25) is 0 Å². The van der Waals surface area contributed by atoms with E-state index in [1.54, 1.807) is 6.92 Å². The third kappa shape index (κ3) is 5.97. The number of esters is 1. The van der Waals surface area contributed by atoms with Crippen LogP contribution >= 0.6 is 0 Å². The summed E-state index contributed by atoms with van der Waals surface area (Å²) in [4.78, 5) is 21.8. The summed E-state index contributed by atoms with van der Waals surface area (Å²) < 4.78 is 29.9. The molecule has 0 saturated heterocycles. The monoisotopic (exact) mass is 281 g/mol. The summed E-state index contributed by atoms with van der Waals surface area (Å²) in [6, 6.07) is -0.987. The molecular weight excluding hydrogens is 262 g/mol. The molecule has 7 nitrogen and oxygen atoms in total. The Morgan fingerprint density at radius 3 is 2.33 bits per heavy atom. The summed E-state index contributed by atoms with van der Waals surface area (Å²) in [6.45, 7) is 3.52. The van der Waals surface area contributed by atoms with Crippen LogP contribution in [-0.4, -0.2) is 44.4 Å². The van der Waals surface area contributed by atoms with Crippen molar-refractivity contribution in [3.63, 3.8) is 0 Å². The molecule has 8 heteroatoms. The number of hydrogen-bond acceptors (Lipinski definition) is 5. The van der Waals surface area contributed by atoms with Crippen molar-refractivity contribution in [3.05, 3.63) is 0 Å². The molecule has 0 aliphatic heterocycles. The minimum Gasteiger partial charge on any atom is -0.481 e. The van der Waals surface area contributed by atoms with Crippen LogP contribution in [-0.2, 0) is 24.3 Å². The van der Waals surface area contributed by atoms with Crippen molar-refractivity contribution >= 4 is 22.0 Å². The first-order valence-corrected chi connectivity index (χ1v) is 7.18. The summed E-state index contributed by atoms with van der Waals surface area (Å²) in [6.07, 6.45) is 0.0744. The van der Waals surface area contributed by atoms with E-state index >= 15 is 0 Å². The number of carbonyl (C=O) groups excluding carboxylic acids is 1. The van der Waals surface area contributed by atoms with Gasteiger partial charge in [-0.15, -0.1) is 0 Å². The zero-order valence-corrected chi connectivity index (χ0v) is 11.5. The average Bonchev–Trinajstić information content (AvgIpc) is 2.32. The van der Waals surface area contributed by atoms with E-state index in [1.165, 1.54) is 7.11 Å². The van der Waals surface area contributed by atoms with E-state index in [1.807, 2.05) is 6.92 Å². The van der Waals surface area contributed by atoms with Gasteiger partial charge in [-0.05, 0) is 5.92 Å². The third-order valence-electron chi connectivity index (χ3n) is 2.56. The number of carboxylic acid groups (broad SMARTS) is 1. The largest absolute Gasteiger partial charge is 0.481 e. The molecule has 0 aromatic heterocycles. The zero-order chi connectivity index (χ0) is 14.3. The van der Waals surface area contributed by atoms with Gasteiger partial charge in [-0.1, -0.05) is 20.3 Å². The van der Waals surface area contributed by atoms with Crippen molar-refractivity contribution in [1.82, 2.24) is 4.72 Å². The highest BCUT2D eigenvalue weighted by Gasteiger charge is 2.29. The predicted octanol–water partition coefficient (Wildman–Crippen LogP) is -0.0318. The molecule has 0 aliphatic carbocycles. The van der Waals surface area contributed by atoms with E-state index in [-0.39, 0.29) is 5.92 Å². The molecule has 2 unspecified atom stereocenters. The molecule has 0 spiro atoms. The summed E-state index contributed by atoms with van der Waals surface area (Å²) in [7, 11) is -2.65. The molecule has 0 bridgehead atoms. The maximum absolute atomic E-state index is 11.6. The van der Waals surface area contributed by atoms with Gasteiger partial charge in [0.1, 0.15) is 6.04 Å². The van der Waals surface area contributed by atoms with E-state index in [9.17, 15) is 18.0 Å². The lowest BCUT2D eigenvalue weighted by Crippen LogP contribution is -2.46. The maximum atomic E-state index is 11.6. The van der Waals surface area contributed by atoms with Crippen LogP contribution in [0.5, 0.6) is 0 Å². The van der Waals surface area contributed by atoms with Gasteiger partial charge in [0.05, 0.1) is 19.3 Å². The lowest BCUT2D eigenvalue weighted by molar-refractivity contribution is -0.144. The van der Waals surface area contributed by atoms with Gasteiger partial charge in [0.15, 0.2) is 0 Å². The van der Waals surface area contributed by atoms with Crippen LogP contribution in [0, 0.1) is 5.92 Å². The number of carbonyl (C=O) groups is 2. The first-order valence-electron chi connectivity index (χ1n) is 5.53. The Labute approximate surface area is 107 Å². The van der Waals surface area contributed by atoms with Gasteiger partial charge >= 0.3 is 11.9 Å². The highest BCUT2D eigenvalue weighted by molar-refractivity contribution is 7.89. The van der Waals surface area contributed by atoms with Gasteiger partial charge < -0.3 is 9.84 Å². The van der Waals surface area contributed by atoms with Gasteiger partial charge in [-0.2, -0.15) is 0 Å². The van der Waals surface area contributed by atoms with E-state index in [4.69, 9.17) is 5.11 Å². The molecule has 0 aromatic rings. The van der Waals surface area contributed by atoms with E-state index in [0.29, 0.717) is 6.42 Å². The fourth-order valence-electron chi connectivity index (χ4n) is 1.23. The minimum absolute atomic E-state index is 0.239. The van der Waals surface area contributed by atoms with E-state index in [0.717, 1.165) is 0 Å². The summed E-state index contributed by atoms with van der Waals surface area (Å²) in [5.41, 5.74) is 0. The fraction of sp³-hybridized carbons (Fsp3) is 0.800. The topological polar surface area (TPSA) is 110 Å². The Morgan fingerprint density at radius 1 is 1.39 bits per heavy atom. The van der Waals surface area contributed by atoms with E-state index in [2.05, 4.69) is 9.46 Å². The summed E-state index contributed by atoms with van der Waals surface area (Å²) >= 11 is 0. The highest BCUT2D eigenvalue weighted by Crippen LogP contribution is 2.10. The quantitative estimate of drug-likeness (QED) is 0.604. The van der Waals surface area contributed by atoms with Crippen LogP contribution in [0.15, 0.2) is 0 Å². The van der Waals surface area contributed by atoms with Crippen molar-refractivity contribution < 1.29 is 27.9 Å². The number of rotatable bonds is 8. The fourth-order valence-corrected chi connectivity index (χ4v) is 2.51. The lowest BCUT2D eigenvalue weighted by Gasteiger charge is -2.21. The van der Waals surface area contributed by atoms with Crippen molar-refractivity contribution in [1.29, 1.82) is 0 Å². The standard InChI is InChI=1S/C10H19NO6S/c1-4-7(2)9(10(14)17-3)11-18(15,16)6-5-8(12)13/h7,9,11H,4-6H2,1-3H3,(H,12,13). The Kier molecular flexibility index (Phi) is 6.85. The predicted molar refractivity (Wildman–Crippen MR) is 64.4 cm³/mol. The number of carboxylic acids is 1. The van der Waals surface area contributed by atoms with Crippen LogP contribution in [0.3, 0.4) is 0 Å². The van der Waals surface area contributed by atoms with Gasteiger partial charge in [-0.25, -0.2) is 13.1 Å². The molecule has 106 valence electrons. The molecule has 18 heavy (non-hydrogen) atoms. The Hall–Kier alpha value is -1.15. The van der Waals surface area contributed by atoms with Gasteiger partial charge in [-0.3, -0.25) is 9.59 Å². The smallest absolute Gasteiger partial charge is 0.324 e. The zero-order valence-electron chi connectivity index (χ0n) is 10.7. The van der Waals surface area contributed by atoms with Gasteiger partial charge in [0.25, 0.3) is 0 Å². The van der Waals surface area contributed by atoms with Crippen molar-refractivity contribution in [3.8, 4) is 0 Å². The van der Waals surface area contributed by atoms with E-state index < -0.39 is 40.2 Å². The molecule has 2 N–H and O–H groups in total. The van der Waals surface area contributed by atoms with Crippen LogP contribution < -0.4 is 4.72 Å². The molecule has 2 atom stereocenters. The second kappa shape index (κ2) is 7.32. The SMILES string of the molecule is CCC(C)C(NS(=O)(=O)CCC(=O)O)C(=O)OC. The normalized spacial score (nSPS) is 14.8. The van der Waals surface area contributed by atoms with Crippen molar-refractivity contribution in [2.75, 3.05) is 12.9 Å². The van der Waals surface area contributed by atoms with Crippen LogP contribution in [0.1, 0.15) is 26.7 Å². The first-order chi connectivity index (χ1) is 8.23. The Morgan fingerprint density at radius 2 is 1.94 bits per heavy atom. The van der Waals surface area contributed by atoms with Gasteiger partial charge in [0.2, 0.25) is 10.0 Å².